The van der Waals surface area contributed by atoms with Crippen molar-refractivity contribution < 1.29 is 5.11 Å². The van der Waals surface area contributed by atoms with Crippen LogP contribution in [0.2, 0.25) is 0 Å². The zero-order chi connectivity index (χ0) is 19.1. The van der Waals surface area contributed by atoms with Crippen molar-refractivity contribution in [3.05, 3.63) is 65.2 Å². The van der Waals surface area contributed by atoms with Crippen molar-refractivity contribution in [2.24, 2.45) is 0 Å². The second kappa shape index (κ2) is 11.2. The van der Waals surface area contributed by atoms with Crippen LogP contribution >= 0.6 is 24.0 Å². The van der Waals surface area contributed by atoms with E-state index in [1.807, 2.05) is 12.1 Å². The molecule has 0 saturated carbocycles. The number of aromatic hydroxyl groups is 1. The van der Waals surface area contributed by atoms with Crippen LogP contribution in [0.3, 0.4) is 0 Å². The monoisotopic (exact) mass is 493 g/mol. The molecule has 1 aliphatic heterocycles. The molecule has 1 heterocycles. The molecular weight excluding hydrogens is 457 g/mol. The summed E-state index contributed by atoms with van der Waals surface area (Å²) in [5.74, 6) is 0.447. The Hall–Kier alpha value is -1.07. The summed E-state index contributed by atoms with van der Waals surface area (Å²) in [5.41, 5.74) is 3.57. The average Bonchev–Trinajstić information content (AvgIpc) is 3.21. The standard InChI is InChI=1S/C25H35NO.HI/c1-3-4-8-15-25(22-11-6-5-7-12-22,16-19-26-17-9-10-18-26)23-20-21(2)13-14-24(23)27;/h5-7,11-14,20,27H,3-4,8-10,15-19H2,1-2H3;1H. The molecule has 3 heteroatoms. The molecule has 0 radical (unpaired) electrons. The molecule has 154 valence electrons. The smallest absolute Gasteiger partial charge is 0.119 e. The van der Waals surface area contributed by atoms with Gasteiger partial charge in [0.15, 0.2) is 0 Å². The molecule has 2 nitrogen and oxygen atoms in total. The maximum absolute atomic E-state index is 10.9. The summed E-state index contributed by atoms with van der Waals surface area (Å²) in [5, 5.41) is 10.9. The molecule has 0 bridgehead atoms. The molecule has 3 rings (SSSR count). The van der Waals surface area contributed by atoms with Crippen molar-refractivity contribution in [3.63, 3.8) is 0 Å². The van der Waals surface area contributed by atoms with Crippen LogP contribution in [0.4, 0.5) is 0 Å². The average molecular weight is 493 g/mol. The first-order valence-corrected chi connectivity index (χ1v) is 10.7. The highest BCUT2D eigenvalue weighted by atomic mass is 127. The molecule has 1 N–H and O–H groups in total. The Labute approximate surface area is 188 Å². The zero-order valence-corrected chi connectivity index (χ0v) is 19.8. The van der Waals surface area contributed by atoms with Crippen molar-refractivity contribution >= 4 is 24.0 Å². The lowest BCUT2D eigenvalue weighted by Gasteiger charge is -2.37. The van der Waals surface area contributed by atoms with Crippen LogP contribution in [0.1, 0.15) is 68.6 Å². The highest BCUT2D eigenvalue weighted by Crippen LogP contribution is 2.44. The van der Waals surface area contributed by atoms with E-state index >= 15 is 0 Å². The predicted octanol–water partition coefficient (Wildman–Crippen LogP) is 6.67. The Balaban J connectivity index is 0.00000280. The molecule has 2 aromatic carbocycles. The van der Waals surface area contributed by atoms with E-state index in [0.717, 1.165) is 24.9 Å². The predicted molar refractivity (Wildman–Crippen MR) is 130 cm³/mol. The van der Waals surface area contributed by atoms with Gasteiger partial charge in [-0.3, -0.25) is 0 Å². The fraction of sp³-hybridized carbons (Fsp3) is 0.520. The number of phenols is 1. The Morgan fingerprint density at radius 3 is 2.36 bits per heavy atom. The maximum Gasteiger partial charge on any atom is 0.119 e. The van der Waals surface area contributed by atoms with Gasteiger partial charge in [0.25, 0.3) is 0 Å². The Morgan fingerprint density at radius 2 is 1.68 bits per heavy atom. The first-order chi connectivity index (χ1) is 13.2. The van der Waals surface area contributed by atoms with Gasteiger partial charge in [0.2, 0.25) is 0 Å². The third kappa shape index (κ3) is 5.50. The van der Waals surface area contributed by atoms with Gasteiger partial charge < -0.3 is 10.0 Å². The lowest BCUT2D eigenvalue weighted by Crippen LogP contribution is -2.34. The topological polar surface area (TPSA) is 23.5 Å². The van der Waals surface area contributed by atoms with Crippen LogP contribution in [-0.2, 0) is 5.41 Å². The van der Waals surface area contributed by atoms with Gasteiger partial charge in [0, 0.05) is 11.0 Å². The number of benzene rings is 2. The Bertz CT molecular complexity index is 712. The summed E-state index contributed by atoms with van der Waals surface area (Å²) in [6.45, 7) is 7.94. The molecule has 28 heavy (non-hydrogen) atoms. The minimum absolute atomic E-state index is 0. The van der Waals surface area contributed by atoms with Gasteiger partial charge in [-0.05, 0) is 63.9 Å². The molecule has 0 amide bonds. The van der Waals surface area contributed by atoms with Gasteiger partial charge in [0.1, 0.15) is 5.75 Å². The van der Waals surface area contributed by atoms with Crippen molar-refractivity contribution in [1.29, 1.82) is 0 Å². The normalized spacial score (nSPS) is 16.5. The summed E-state index contributed by atoms with van der Waals surface area (Å²) in [4.78, 5) is 2.60. The summed E-state index contributed by atoms with van der Waals surface area (Å²) in [6.07, 6.45) is 8.46. The van der Waals surface area contributed by atoms with Crippen molar-refractivity contribution in [2.45, 2.75) is 64.2 Å². The lowest BCUT2D eigenvalue weighted by molar-refractivity contribution is 0.283. The summed E-state index contributed by atoms with van der Waals surface area (Å²) in [6, 6.07) is 17.0. The Morgan fingerprint density at radius 1 is 0.964 bits per heavy atom. The minimum atomic E-state index is -0.116. The number of hydrogen-bond acceptors (Lipinski definition) is 2. The SMILES string of the molecule is CCCCCC(CCN1CCCC1)(c1ccccc1)c1cc(C)ccc1O.I. The molecule has 0 spiro atoms. The van der Waals surface area contributed by atoms with Gasteiger partial charge in [-0.25, -0.2) is 0 Å². The quantitative estimate of drug-likeness (QED) is 0.312. The number of halogens is 1. The van der Waals surface area contributed by atoms with E-state index in [1.165, 1.54) is 56.3 Å². The third-order valence-electron chi connectivity index (χ3n) is 6.25. The van der Waals surface area contributed by atoms with E-state index < -0.39 is 0 Å². The molecule has 1 unspecified atom stereocenters. The van der Waals surface area contributed by atoms with Crippen LogP contribution in [0.5, 0.6) is 5.75 Å². The van der Waals surface area contributed by atoms with E-state index in [2.05, 4.69) is 55.1 Å². The Kier molecular flexibility index (Phi) is 9.29. The number of likely N-dealkylation sites (tertiary alicyclic amines) is 1. The number of hydrogen-bond donors (Lipinski definition) is 1. The molecule has 0 aromatic heterocycles. The number of nitrogens with zero attached hydrogens (tertiary/aromatic N) is 1. The van der Waals surface area contributed by atoms with Crippen LogP contribution in [-0.4, -0.2) is 29.6 Å². The van der Waals surface area contributed by atoms with Gasteiger partial charge in [0.05, 0.1) is 0 Å². The van der Waals surface area contributed by atoms with E-state index in [1.54, 1.807) is 0 Å². The highest BCUT2D eigenvalue weighted by Gasteiger charge is 2.36. The van der Waals surface area contributed by atoms with Crippen LogP contribution < -0.4 is 0 Å². The molecule has 1 atom stereocenters. The summed E-state index contributed by atoms with van der Waals surface area (Å²) < 4.78 is 0. The number of aryl methyl sites for hydroxylation is 1. The molecule has 1 aliphatic rings. The zero-order valence-electron chi connectivity index (χ0n) is 17.5. The first kappa shape index (κ1) is 23.2. The van der Waals surface area contributed by atoms with Gasteiger partial charge >= 0.3 is 0 Å². The van der Waals surface area contributed by atoms with E-state index in [0.29, 0.717) is 5.75 Å². The minimum Gasteiger partial charge on any atom is -0.508 e. The lowest BCUT2D eigenvalue weighted by atomic mass is 9.68. The van der Waals surface area contributed by atoms with Gasteiger partial charge in [-0.2, -0.15) is 0 Å². The second-order valence-corrected chi connectivity index (χ2v) is 8.22. The molecule has 1 saturated heterocycles. The van der Waals surface area contributed by atoms with Crippen molar-refractivity contribution in [1.82, 2.24) is 4.90 Å². The first-order valence-electron chi connectivity index (χ1n) is 10.7. The highest BCUT2D eigenvalue weighted by molar-refractivity contribution is 14.0. The van der Waals surface area contributed by atoms with Crippen LogP contribution in [0.15, 0.2) is 48.5 Å². The van der Waals surface area contributed by atoms with E-state index in [9.17, 15) is 5.11 Å². The fourth-order valence-corrected chi connectivity index (χ4v) is 4.66. The van der Waals surface area contributed by atoms with Crippen LogP contribution in [0, 0.1) is 6.92 Å². The van der Waals surface area contributed by atoms with Gasteiger partial charge in [-0.1, -0.05) is 74.2 Å². The number of phenolic OH excluding ortho intramolecular Hbond substituents is 1. The number of rotatable bonds is 9. The second-order valence-electron chi connectivity index (χ2n) is 8.22. The fourth-order valence-electron chi connectivity index (χ4n) is 4.66. The summed E-state index contributed by atoms with van der Waals surface area (Å²) in [7, 11) is 0. The van der Waals surface area contributed by atoms with E-state index in [4.69, 9.17) is 0 Å². The summed E-state index contributed by atoms with van der Waals surface area (Å²) >= 11 is 0. The molecule has 2 aromatic rings. The molecular formula is C25H36INO. The third-order valence-corrected chi connectivity index (χ3v) is 6.25. The van der Waals surface area contributed by atoms with Crippen molar-refractivity contribution in [2.75, 3.05) is 19.6 Å². The maximum atomic E-state index is 10.9. The van der Waals surface area contributed by atoms with Crippen molar-refractivity contribution in [3.8, 4) is 5.75 Å². The number of unbranched alkanes of at least 4 members (excludes halogenated alkanes) is 2. The molecule has 1 fully saturated rings. The van der Waals surface area contributed by atoms with E-state index in [-0.39, 0.29) is 29.4 Å². The molecule has 0 aliphatic carbocycles. The van der Waals surface area contributed by atoms with Crippen LogP contribution in [0.25, 0.3) is 0 Å². The largest absolute Gasteiger partial charge is 0.508 e. The van der Waals surface area contributed by atoms with Gasteiger partial charge in [-0.15, -0.1) is 24.0 Å².